The minimum Gasteiger partial charge on any atom is -0.446 e. The van der Waals surface area contributed by atoms with E-state index >= 15 is 0 Å². The lowest BCUT2D eigenvalue weighted by Gasteiger charge is -1.89. The lowest BCUT2D eigenvalue weighted by Crippen LogP contribution is -1.85. The summed E-state index contributed by atoms with van der Waals surface area (Å²) in [4.78, 5) is 100. The first-order valence-electron chi connectivity index (χ1n) is 32.2. The molecule has 0 saturated carbocycles. The Kier molecular flexibility index (Phi) is 27.7. The van der Waals surface area contributed by atoms with Crippen LogP contribution in [0.25, 0.3) is 66.9 Å². The summed E-state index contributed by atoms with van der Waals surface area (Å²) in [6.07, 6.45) is 14.3. The zero-order chi connectivity index (χ0) is 73.4. The maximum absolute atomic E-state index is 4.97. The van der Waals surface area contributed by atoms with Gasteiger partial charge in [0.15, 0.2) is 34.1 Å². The van der Waals surface area contributed by atoms with Crippen molar-refractivity contribution in [1.82, 2.24) is 140 Å². The van der Waals surface area contributed by atoms with Crippen LogP contribution in [0.15, 0.2) is 96.5 Å². The molecule has 0 amide bonds. The highest BCUT2D eigenvalue weighted by Crippen LogP contribution is 2.15. The Balaban J connectivity index is 0.000000157. The summed E-state index contributed by atoms with van der Waals surface area (Å²) < 4.78 is 4.97. The van der Waals surface area contributed by atoms with Gasteiger partial charge in [0.25, 0.3) is 0 Å². The van der Waals surface area contributed by atoms with Gasteiger partial charge in [0.1, 0.15) is 75.3 Å². The third-order valence-electron chi connectivity index (χ3n) is 13.3. The lowest BCUT2D eigenvalue weighted by atomic mass is 10.2. The molecule has 16 heterocycles. The Bertz CT molecular complexity index is 4440. The number of oxazole rings is 1. The van der Waals surface area contributed by atoms with Crippen molar-refractivity contribution in [2.24, 2.45) is 0 Å². The number of fused-ring (bicyclic) bond motifs is 6. The highest BCUT2D eigenvalue weighted by atomic mass is 32.1. The number of nitrogens with one attached hydrogen (secondary N) is 9. The van der Waals surface area contributed by atoms with Crippen molar-refractivity contribution in [3.05, 3.63) is 217 Å². The molecule has 17 rings (SSSR count). The van der Waals surface area contributed by atoms with Gasteiger partial charge in [-0.3, -0.25) is 10.1 Å². The summed E-state index contributed by atoms with van der Waals surface area (Å²) in [5.41, 5.74) is 18.5. The van der Waals surface area contributed by atoms with E-state index in [1.807, 2.05) is 200 Å². The van der Waals surface area contributed by atoms with Crippen LogP contribution in [0.2, 0.25) is 0 Å². The molecule has 0 spiro atoms. The van der Waals surface area contributed by atoms with E-state index in [0.717, 1.165) is 176 Å². The molecule has 0 atom stereocenters. The minimum atomic E-state index is 0.688. The average Bonchev–Trinajstić information content (AvgIpc) is 1.75. The first-order chi connectivity index (χ1) is 48.0. The van der Waals surface area contributed by atoms with Gasteiger partial charge in [-0.1, -0.05) is 6.07 Å². The first kappa shape index (κ1) is 76.4. The summed E-state index contributed by atoms with van der Waals surface area (Å²) in [6, 6.07) is 14.2. The maximum atomic E-state index is 4.97. The van der Waals surface area contributed by atoms with Gasteiger partial charge in [-0.2, -0.15) is 5.10 Å². The summed E-state index contributed by atoms with van der Waals surface area (Å²) in [5, 5.41) is 7.64. The number of hydrogen-bond donors (Lipinski definition) is 9. The number of benzene rings is 1. The molecule has 0 radical (unpaired) electrons. The van der Waals surface area contributed by atoms with Gasteiger partial charge in [-0.25, -0.2) is 84.7 Å². The molecule has 0 aliphatic heterocycles. The van der Waals surface area contributed by atoms with E-state index in [-0.39, 0.29) is 0 Å². The molecule has 0 saturated heterocycles. The summed E-state index contributed by atoms with van der Waals surface area (Å²) >= 11 is 1.73. The van der Waals surface area contributed by atoms with Crippen LogP contribution >= 0.6 is 11.3 Å². The van der Waals surface area contributed by atoms with E-state index in [1.54, 1.807) is 29.9 Å². The van der Waals surface area contributed by atoms with E-state index < -0.39 is 0 Å². The number of aryl methyl sites for hydroxylation is 22. The van der Waals surface area contributed by atoms with Crippen molar-refractivity contribution >= 4 is 78.2 Å². The Hall–Kier alpha value is -12.0. The highest BCUT2D eigenvalue weighted by Gasteiger charge is 2.04. The Morgan fingerprint density at radius 2 is 0.871 bits per heavy atom. The molecule has 0 aliphatic rings. The van der Waals surface area contributed by atoms with Crippen LogP contribution in [-0.2, 0) is 0 Å². The number of pyridine rings is 3. The van der Waals surface area contributed by atoms with Crippen LogP contribution in [0.4, 0.5) is 0 Å². The number of hydrogen-bond acceptors (Lipinski definition) is 21. The zero-order valence-corrected chi connectivity index (χ0v) is 62.3. The van der Waals surface area contributed by atoms with Gasteiger partial charge >= 0.3 is 0 Å². The molecule has 30 heteroatoms. The number of aromatic amines is 9. The fourth-order valence-corrected chi connectivity index (χ4v) is 9.78. The third-order valence-corrected chi connectivity index (χ3v) is 14.2. The molecule has 9 N–H and O–H groups in total. The van der Waals surface area contributed by atoms with Crippen LogP contribution in [-0.4, -0.2) is 140 Å². The molecule has 0 fully saturated rings. The second-order valence-electron chi connectivity index (χ2n) is 23.6. The number of aromatic nitrogens is 28. The smallest absolute Gasteiger partial charge is 0.197 e. The average molecular weight is 1380 g/mol. The summed E-state index contributed by atoms with van der Waals surface area (Å²) in [6.45, 7) is 42.7. The number of rotatable bonds is 0. The second kappa shape index (κ2) is 36.6. The fourth-order valence-electron chi connectivity index (χ4n) is 9.11. The number of imidazole rings is 8. The van der Waals surface area contributed by atoms with Crippen LogP contribution in [0, 0.1) is 152 Å². The molecule has 0 aliphatic carbocycles. The molecule has 0 bridgehead atoms. The molecule has 526 valence electrons. The normalized spacial score (nSPS) is 10.3. The SMILES string of the molecule is Cc1cc2nc(C)[nH]c2cn1.Cc1ccc2[nH]c(C)nc2n1.Cc1ccc2nc(C)[nH]c2c1.Cc1cnc(C)[nH]1.Cc1cnc(C)[nH]1.Cc1cnc(C)o1.Cc1cnc(C)s1.Cc1cnc2nc(C)[nH]c2c1.Cc1cnc2nc(C)[nH]c2n1.Cc1n[nH]c(C)n1.Cc1ncc2[nH]c(C)nc2n1. The Labute approximate surface area is 589 Å². The van der Waals surface area contributed by atoms with Gasteiger partial charge in [-0.05, 0) is 193 Å². The van der Waals surface area contributed by atoms with Crippen molar-refractivity contribution in [2.75, 3.05) is 0 Å². The van der Waals surface area contributed by atoms with Gasteiger partial charge in [0.2, 0.25) is 0 Å². The van der Waals surface area contributed by atoms with Gasteiger partial charge < -0.3 is 44.3 Å². The van der Waals surface area contributed by atoms with Crippen molar-refractivity contribution in [1.29, 1.82) is 0 Å². The van der Waals surface area contributed by atoms with Crippen LogP contribution in [0.1, 0.15) is 125 Å². The van der Waals surface area contributed by atoms with Crippen LogP contribution in [0.3, 0.4) is 0 Å². The Morgan fingerprint density at radius 3 is 1.41 bits per heavy atom. The quantitative estimate of drug-likeness (QED) is 0.0681. The lowest BCUT2D eigenvalue weighted by molar-refractivity contribution is 0.494. The minimum absolute atomic E-state index is 0.688. The van der Waals surface area contributed by atoms with Crippen molar-refractivity contribution in [3.63, 3.8) is 0 Å². The molecule has 0 unspecified atom stereocenters. The molecule has 17 aromatic rings. The zero-order valence-electron chi connectivity index (χ0n) is 61.5. The van der Waals surface area contributed by atoms with Gasteiger partial charge in [-0.15, -0.1) is 11.3 Å². The summed E-state index contributed by atoms with van der Waals surface area (Å²) in [7, 11) is 0. The third kappa shape index (κ3) is 25.8. The Morgan fingerprint density at radius 1 is 0.307 bits per heavy atom. The van der Waals surface area contributed by atoms with Crippen molar-refractivity contribution in [3.8, 4) is 0 Å². The summed E-state index contributed by atoms with van der Waals surface area (Å²) in [5.74, 6) is 11.5. The van der Waals surface area contributed by atoms with Crippen molar-refractivity contribution < 1.29 is 4.42 Å². The van der Waals surface area contributed by atoms with Gasteiger partial charge in [0, 0.05) is 59.4 Å². The molecule has 16 aromatic heterocycles. The maximum Gasteiger partial charge on any atom is 0.197 e. The number of thiazole rings is 1. The standard InChI is InChI=1S/C9H10N2.3C8H9N3.2C7H8N4.2C5H8N2.C5H7NO.C5H7NS.C4H7N3/c1-6-3-4-8-9(5-6)11-7(2)10-8;1-5-3-7-8(4-9-5)11-6(2)10-7;1-5-3-7-8(9-4-5)11-6(2)10-7;1-5-3-4-7-8(9-5)11-6(2)10-7;1-4-8-3-6-7(10-4)11-5(2)9-6;1-4-3-8-6-7(9-4)11-5(2)10-6;4*1-4-3-6-5(2)7-4;1-3-5-4(2)7-6-3/h3-5H,1-2H3,(H,10,11);3-4H,1-2H3,(H,10,11);2*3-4H,1-2H3,(H,9,10,11);2*3H,1-2H3,(H,8,9,10,11);2*3H,1-2H3,(H,6,7);2*3H,1-2H3;1-2H3,(H,5,6,7). The fraction of sp³-hybridized carbons (Fsp3) is 0.310. The molecular formula is C71H90N28OS. The van der Waals surface area contributed by atoms with Crippen LogP contribution in [0.5, 0.6) is 0 Å². The predicted octanol–water partition coefficient (Wildman–Crippen LogP) is 14.4. The van der Waals surface area contributed by atoms with E-state index in [1.165, 1.54) is 10.4 Å². The first-order valence-corrected chi connectivity index (χ1v) is 33.0. The predicted molar refractivity (Wildman–Crippen MR) is 398 cm³/mol. The van der Waals surface area contributed by atoms with Gasteiger partial charge in [0.05, 0.1) is 68.6 Å². The number of nitrogens with zero attached hydrogens (tertiary/aromatic N) is 19. The monoisotopic (exact) mass is 1380 g/mol. The molecule has 29 nitrogen and oxygen atoms in total. The van der Waals surface area contributed by atoms with E-state index in [2.05, 4.69) is 166 Å². The molecule has 1 aromatic carbocycles. The highest BCUT2D eigenvalue weighted by molar-refractivity contribution is 7.11. The van der Waals surface area contributed by atoms with E-state index in [0.29, 0.717) is 5.65 Å². The molecular weight excluding hydrogens is 1290 g/mol. The topological polar surface area (TPSA) is 400 Å². The van der Waals surface area contributed by atoms with Crippen molar-refractivity contribution in [2.45, 2.75) is 152 Å². The molecule has 101 heavy (non-hydrogen) atoms. The number of H-pyrrole nitrogens is 9. The second-order valence-corrected chi connectivity index (χ2v) is 25.0. The van der Waals surface area contributed by atoms with E-state index in [4.69, 9.17) is 4.42 Å². The largest absolute Gasteiger partial charge is 0.446 e. The van der Waals surface area contributed by atoms with E-state index in [9.17, 15) is 0 Å². The van der Waals surface area contributed by atoms with Crippen LogP contribution < -0.4 is 0 Å².